The van der Waals surface area contributed by atoms with Crippen LogP contribution in [0.1, 0.15) is 58.5 Å². The lowest BCUT2D eigenvalue weighted by atomic mass is 9.98. The van der Waals surface area contributed by atoms with Gasteiger partial charge in [0.15, 0.2) is 0 Å². The van der Waals surface area contributed by atoms with E-state index in [9.17, 15) is 37.1 Å². The average Bonchev–Trinajstić information content (AvgIpc) is 3.67. The number of halogens is 3. The second kappa shape index (κ2) is 12.8. The van der Waals surface area contributed by atoms with Crippen molar-refractivity contribution in [3.05, 3.63) is 101 Å². The summed E-state index contributed by atoms with van der Waals surface area (Å²) in [5, 5.41) is 9.32. The molecule has 4 aromatic rings. The minimum Gasteiger partial charge on any atom is -0.369 e. The largest absolute Gasteiger partial charge is 0.416 e. The number of fused-ring (bicyclic) bond motifs is 1. The van der Waals surface area contributed by atoms with Crippen molar-refractivity contribution in [2.24, 2.45) is 5.92 Å². The fourth-order valence-electron chi connectivity index (χ4n) is 6.38. The number of amides is 5. The van der Waals surface area contributed by atoms with Gasteiger partial charge in [-0.15, -0.1) is 0 Å². The minimum atomic E-state index is -4.55. The average molecular weight is 709 g/mol. The van der Waals surface area contributed by atoms with Crippen LogP contribution >= 0.6 is 0 Å². The smallest absolute Gasteiger partial charge is 0.369 e. The number of carbonyl (C=O) groups is 5. The zero-order chi connectivity index (χ0) is 36.9. The van der Waals surface area contributed by atoms with E-state index in [1.54, 1.807) is 68.6 Å². The quantitative estimate of drug-likeness (QED) is 0.217. The van der Waals surface area contributed by atoms with Crippen molar-refractivity contribution in [1.29, 1.82) is 0 Å². The van der Waals surface area contributed by atoms with Crippen molar-refractivity contribution < 1.29 is 37.1 Å². The normalized spacial score (nSPS) is 17.7. The van der Waals surface area contributed by atoms with E-state index in [4.69, 9.17) is 0 Å². The van der Waals surface area contributed by atoms with Gasteiger partial charge in [-0.1, -0.05) is 42.2 Å². The lowest BCUT2D eigenvalue weighted by Crippen LogP contribution is -2.54. The third-order valence-electron chi connectivity index (χ3n) is 9.48. The summed E-state index contributed by atoms with van der Waals surface area (Å²) in [5.41, 5.74) is 0.621. The van der Waals surface area contributed by atoms with E-state index in [1.807, 2.05) is 4.90 Å². The predicted molar refractivity (Wildman–Crippen MR) is 183 cm³/mol. The molecule has 2 N–H and O–H groups in total. The van der Waals surface area contributed by atoms with Crippen LogP contribution in [-0.2, 0) is 26.1 Å². The van der Waals surface area contributed by atoms with E-state index in [2.05, 4.69) is 27.6 Å². The topological polar surface area (TPSA) is 134 Å². The Morgan fingerprint density at radius 3 is 2.37 bits per heavy atom. The number of nitrogens with one attached hydrogen (secondary N) is 2. The molecule has 3 aliphatic rings. The molecule has 7 rings (SSSR count). The SMILES string of the molecule is CC(C)(C(=O)Nc1ccc(C(F)(F)F)cc1-c1ccccc1)n1cc(C#CC2CN(c3ccc4c(c3)C(=O)N(C3CCC(=O)NC3=O)C4=O)C2)cn1. The summed E-state index contributed by atoms with van der Waals surface area (Å²) in [6.45, 7) is 4.40. The maximum absolute atomic E-state index is 13.5. The first kappa shape index (κ1) is 34.2. The first-order chi connectivity index (χ1) is 24.7. The number of hydrogen-bond acceptors (Lipinski definition) is 7. The molecule has 5 amide bonds. The van der Waals surface area contributed by atoms with E-state index in [1.165, 1.54) is 16.9 Å². The van der Waals surface area contributed by atoms with Gasteiger partial charge in [0.2, 0.25) is 11.8 Å². The van der Waals surface area contributed by atoms with Gasteiger partial charge in [-0.2, -0.15) is 18.3 Å². The molecule has 3 aromatic carbocycles. The van der Waals surface area contributed by atoms with Gasteiger partial charge in [-0.25, -0.2) is 0 Å². The number of aromatic nitrogens is 2. The van der Waals surface area contributed by atoms with Gasteiger partial charge in [0, 0.05) is 42.6 Å². The number of nitrogens with zero attached hydrogens (tertiary/aromatic N) is 4. The van der Waals surface area contributed by atoms with E-state index >= 15 is 0 Å². The second-order valence-corrected chi connectivity index (χ2v) is 13.4. The monoisotopic (exact) mass is 708 g/mol. The Kier molecular flexibility index (Phi) is 8.44. The van der Waals surface area contributed by atoms with Crippen molar-refractivity contribution in [2.75, 3.05) is 23.3 Å². The van der Waals surface area contributed by atoms with Crippen LogP contribution in [0.5, 0.6) is 0 Å². The number of benzene rings is 3. The van der Waals surface area contributed by atoms with Crippen LogP contribution < -0.4 is 15.5 Å². The van der Waals surface area contributed by atoms with Crippen LogP contribution in [0.25, 0.3) is 11.1 Å². The number of alkyl halides is 3. The molecule has 264 valence electrons. The summed E-state index contributed by atoms with van der Waals surface area (Å²) < 4.78 is 42.0. The number of hydrogen-bond donors (Lipinski definition) is 2. The van der Waals surface area contributed by atoms with Gasteiger partial charge in [-0.3, -0.25) is 38.9 Å². The van der Waals surface area contributed by atoms with Crippen LogP contribution in [0.3, 0.4) is 0 Å². The molecule has 11 nitrogen and oxygen atoms in total. The zero-order valence-corrected chi connectivity index (χ0v) is 28.0. The molecule has 1 unspecified atom stereocenters. The van der Waals surface area contributed by atoms with Gasteiger partial charge in [0.05, 0.1) is 34.4 Å². The molecule has 0 saturated carbocycles. The molecule has 4 heterocycles. The molecule has 1 aromatic heterocycles. The molecule has 2 saturated heterocycles. The Morgan fingerprint density at radius 1 is 0.923 bits per heavy atom. The standard InChI is InChI=1S/C38H31F3N6O5/c1-37(2,36(52)43-30-13-10-25(38(39,40)41)16-28(30)24-6-4-3-5-7-24)46-21-22(18-42-46)8-9-23-19-45(20-23)26-11-12-27-29(17-26)35(51)47(34(27)50)31-14-15-32(48)44-33(31)49/h3-7,10-13,16-18,21,23,31H,14-15,19-20H2,1-2H3,(H,43,52)(H,44,48,49). The number of rotatable bonds is 6. The van der Waals surface area contributed by atoms with Crippen LogP contribution in [0, 0.1) is 17.8 Å². The van der Waals surface area contributed by atoms with Crippen molar-refractivity contribution in [2.45, 2.75) is 44.4 Å². The molecule has 1 atom stereocenters. The number of carbonyl (C=O) groups excluding carboxylic acids is 5. The Labute approximate surface area is 295 Å². The van der Waals surface area contributed by atoms with E-state index in [-0.39, 0.29) is 41.1 Å². The fraction of sp³-hybridized carbons (Fsp3) is 0.263. The zero-order valence-electron chi connectivity index (χ0n) is 28.0. The Hall–Kier alpha value is -6.23. The first-order valence-electron chi connectivity index (χ1n) is 16.5. The summed E-state index contributed by atoms with van der Waals surface area (Å²) in [4.78, 5) is 66.6. The van der Waals surface area contributed by atoms with Gasteiger partial charge in [0.25, 0.3) is 17.7 Å². The van der Waals surface area contributed by atoms with E-state index in [0.29, 0.717) is 24.2 Å². The van der Waals surface area contributed by atoms with Gasteiger partial charge < -0.3 is 10.2 Å². The first-order valence-corrected chi connectivity index (χ1v) is 16.5. The Balaban J connectivity index is 0.996. The van der Waals surface area contributed by atoms with Crippen LogP contribution in [0.15, 0.2) is 79.1 Å². The van der Waals surface area contributed by atoms with Gasteiger partial charge in [0.1, 0.15) is 11.6 Å². The Bertz CT molecular complexity index is 2210. The highest BCUT2D eigenvalue weighted by Crippen LogP contribution is 2.37. The summed E-state index contributed by atoms with van der Waals surface area (Å²) in [5.74, 6) is 3.55. The van der Waals surface area contributed by atoms with Crippen LogP contribution in [-0.4, -0.2) is 63.3 Å². The molecule has 0 radical (unpaired) electrons. The maximum atomic E-state index is 13.5. The molecule has 0 spiro atoms. The number of anilines is 2. The highest BCUT2D eigenvalue weighted by Gasteiger charge is 2.45. The highest BCUT2D eigenvalue weighted by atomic mass is 19.4. The molecule has 14 heteroatoms. The van der Waals surface area contributed by atoms with Gasteiger partial charge in [-0.05, 0) is 62.2 Å². The maximum Gasteiger partial charge on any atom is 0.416 e. The molecule has 3 aliphatic heterocycles. The van der Waals surface area contributed by atoms with Crippen molar-refractivity contribution in [3.8, 4) is 23.0 Å². The summed E-state index contributed by atoms with van der Waals surface area (Å²) in [6.07, 6.45) is -1.27. The van der Waals surface area contributed by atoms with Crippen LogP contribution in [0.2, 0.25) is 0 Å². The lowest BCUT2D eigenvalue weighted by molar-refractivity contribution is -0.138. The molecular weight excluding hydrogens is 677 g/mol. The number of imide groups is 2. The molecule has 52 heavy (non-hydrogen) atoms. The minimum absolute atomic E-state index is 0.0127. The van der Waals surface area contributed by atoms with Crippen molar-refractivity contribution in [1.82, 2.24) is 20.0 Å². The summed E-state index contributed by atoms with van der Waals surface area (Å²) in [7, 11) is 0. The summed E-state index contributed by atoms with van der Waals surface area (Å²) >= 11 is 0. The fourth-order valence-corrected chi connectivity index (χ4v) is 6.38. The third-order valence-corrected chi connectivity index (χ3v) is 9.48. The Morgan fingerprint density at radius 2 is 1.65 bits per heavy atom. The molecule has 2 fully saturated rings. The summed E-state index contributed by atoms with van der Waals surface area (Å²) in [6, 6.07) is 15.6. The highest BCUT2D eigenvalue weighted by molar-refractivity contribution is 6.23. The third kappa shape index (κ3) is 6.30. The van der Waals surface area contributed by atoms with Crippen molar-refractivity contribution >= 4 is 40.9 Å². The molecule has 0 bridgehead atoms. The second-order valence-electron chi connectivity index (χ2n) is 13.4. The number of piperidine rings is 1. The van der Waals surface area contributed by atoms with Crippen LogP contribution in [0.4, 0.5) is 24.5 Å². The lowest BCUT2D eigenvalue weighted by Gasteiger charge is -2.38. The van der Waals surface area contributed by atoms with Gasteiger partial charge >= 0.3 is 6.18 Å². The van der Waals surface area contributed by atoms with E-state index in [0.717, 1.165) is 22.7 Å². The van der Waals surface area contributed by atoms with Crippen molar-refractivity contribution in [3.63, 3.8) is 0 Å². The molecular formula is C38H31F3N6O5. The van der Waals surface area contributed by atoms with E-state index < -0.39 is 52.9 Å². The predicted octanol–water partition coefficient (Wildman–Crippen LogP) is 4.83. The molecule has 0 aliphatic carbocycles.